The van der Waals surface area contributed by atoms with Gasteiger partial charge in [-0.1, -0.05) is 6.07 Å². The number of fused-ring (bicyclic) bond motifs is 1. The summed E-state index contributed by atoms with van der Waals surface area (Å²) in [6, 6.07) is 5.44. The van der Waals surface area contributed by atoms with E-state index in [1.807, 2.05) is 24.2 Å². The van der Waals surface area contributed by atoms with Crippen molar-refractivity contribution in [2.24, 2.45) is 7.05 Å². The highest BCUT2D eigenvalue weighted by Crippen LogP contribution is 2.34. The third kappa shape index (κ3) is 3.88. The number of amides is 1. The molecule has 1 saturated heterocycles. The molecule has 2 aromatic heterocycles. The number of benzene rings is 1. The lowest BCUT2D eigenvalue weighted by atomic mass is 10.0. The molecule has 0 radical (unpaired) electrons. The van der Waals surface area contributed by atoms with E-state index in [1.54, 1.807) is 23.9 Å². The number of aryl methyl sites for hydroxylation is 1. The molecule has 32 heavy (non-hydrogen) atoms. The van der Waals surface area contributed by atoms with Gasteiger partial charge in [-0.3, -0.25) is 14.2 Å². The van der Waals surface area contributed by atoms with E-state index < -0.39 is 0 Å². The number of nitrogens with zero attached hydrogens (tertiary/aromatic N) is 5. The van der Waals surface area contributed by atoms with E-state index in [9.17, 15) is 4.79 Å². The van der Waals surface area contributed by atoms with E-state index in [0.717, 1.165) is 54.7 Å². The van der Waals surface area contributed by atoms with Crippen LogP contribution in [0.1, 0.15) is 37.1 Å². The summed E-state index contributed by atoms with van der Waals surface area (Å²) in [5.74, 6) is 0.330. The molecule has 0 unspecified atom stereocenters. The number of piperidine rings is 1. The van der Waals surface area contributed by atoms with Crippen molar-refractivity contribution in [3.05, 3.63) is 47.7 Å². The molecule has 9 heteroatoms. The van der Waals surface area contributed by atoms with Gasteiger partial charge in [0.05, 0.1) is 24.5 Å². The number of anilines is 2. The average Bonchev–Trinajstić information content (AvgIpc) is 3.39. The molecule has 5 rings (SSSR count). The van der Waals surface area contributed by atoms with E-state index in [1.165, 1.54) is 6.07 Å². The minimum atomic E-state index is -0.351. The maximum Gasteiger partial charge on any atom is 0.219 e. The molecular formula is C23H28FN7O. The van der Waals surface area contributed by atoms with Gasteiger partial charge in [-0.15, -0.1) is 0 Å². The smallest absolute Gasteiger partial charge is 0.219 e. The van der Waals surface area contributed by atoms with Crippen molar-refractivity contribution in [1.29, 1.82) is 0 Å². The third-order valence-electron chi connectivity index (χ3n) is 6.45. The Bertz CT molecular complexity index is 1150. The summed E-state index contributed by atoms with van der Waals surface area (Å²) >= 11 is 0. The summed E-state index contributed by atoms with van der Waals surface area (Å²) < 4.78 is 18.8. The maximum absolute atomic E-state index is 15.0. The second kappa shape index (κ2) is 8.38. The SMILES string of the molecule is CC(=O)N1CCc2c(c(Nc3ccc(-c4cnn(C)c4)cc3F)nn2C2CCNCC2)C1. The fourth-order valence-electron chi connectivity index (χ4n) is 4.66. The van der Waals surface area contributed by atoms with Gasteiger partial charge in [-0.25, -0.2) is 4.39 Å². The molecule has 1 fully saturated rings. The van der Waals surface area contributed by atoms with Crippen LogP contribution >= 0.6 is 0 Å². The minimum absolute atomic E-state index is 0.0446. The molecule has 2 N–H and O–H groups in total. The van der Waals surface area contributed by atoms with Crippen molar-refractivity contribution in [2.75, 3.05) is 25.0 Å². The van der Waals surface area contributed by atoms with Crippen LogP contribution in [0.25, 0.3) is 11.1 Å². The lowest BCUT2D eigenvalue weighted by Gasteiger charge is -2.29. The zero-order valence-electron chi connectivity index (χ0n) is 18.4. The molecule has 1 amide bonds. The molecule has 0 aliphatic carbocycles. The standard InChI is InChI=1S/C23H28FN7O/c1-15(32)30-10-7-22-19(14-30)23(28-31(22)18-5-8-25-9-6-18)27-21-4-3-16(11-20(21)24)17-12-26-29(2)13-17/h3-4,11-13,18,25H,5-10,14H2,1-2H3,(H,27,28). The molecule has 0 atom stereocenters. The van der Waals surface area contributed by atoms with Crippen LogP contribution < -0.4 is 10.6 Å². The number of carbonyl (C=O) groups excluding carboxylic acids is 1. The lowest BCUT2D eigenvalue weighted by molar-refractivity contribution is -0.129. The number of carbonyl (C=O) groups is 1. The summed E-state index contributed by atoms with van der Waals surface area (Å²) in [6.45, 7) is 4.70. The summed E-state index contributed by atoms with van der Waals surface area (Å²) in [6.07, 6.45) is 6.36. The zero-order valence-corrected chi connectivity index (χ0v) is 18.4. The Morgan fingerprint density at radius 1 is 1.25 bits per heavy atom. The second-order valence-corrected chi connectivity index (χ2v) is 8.61. The first kappa shape index (κ1) is 20.7. The molecule has 3 aromatic rings. The van der Waals surface area contributed by atoms with E-state index in [-0.39, 0.29) is 11.7 Å². The molecular weight excluding hydrogens is 409 g/mol. The number of halogens is 1. The molecule has 8 nitrogen and oxygen atoms in total. The number of nitrogens with one attached hydrogen (secondary N) is 2. The maximum atomic E-state index is 15.0. The van der Waals surface area contributed by atoms with Crippen molar-refractivity contribution in [1.82, 2.24) is 29.8 Å². The van der Waals surface area contributed by atoms with Crippen LogP contribution in [0, 0.1) is 5.82 Å². The molecule has 0 spiro atoms. The van der Waals surface area contributed by atoms with Gasteiger partial charge in [0.25, 0.3) is 0 Å². The van der Waals surface area contributed by atoms with E-state index in [0.29, 0.717) is 30.6 Å². The monoisotopic (exact) mass is 437 g/mol. The molecule has 2 aliphatic rings. The lowest BCUT2D eigenvalue weighted by Crippen LogP contribution is -2.36. The first-order chi connectivity index (χ1) is 15.5. The van der Waals surface area contributed by atoms with Gasteiger partial charge in [0.1, 0.15) is 5.82 Å². The van der Waals surface area contributed by atoms with Crippen LogP contribution in [0.3, 0.4) is 0 Å². The highest BCUT2D eigenvalue weighted by atomic mass is 19.1. The molecule has 4 heterocycles. The number of aromatic nitrogens is 4. The van der Waals surface area contributed by atoms with Gasteiger partial charge in [-0.2, -0.15) is 10.2 Å². The highest BCUT2D eigenvalue weighted by Gasteiger charge is 2.29. The predicted octanol–water partition coefficient (Wildman–Crippen LogP) is 3.00. The predicted molar refractivity (Wildman–Crippen MR) is 120 cm³/mol. The van der Waals surface area contributed by atoms with Crippen LogP contribution in [0.2, 0.25) is 0 Å². The second-order valence-electron chi connectivity index (χ2n) is 8.61. The number of hydrogen-bond donors (Lipinski definition) is 2. The van der Waals surface area contributed by atoms with Crippen LogP contribution in [0.15, 0.2) is 30.6 Å². The quantitative estimate of drug-likeness (QED) is 0.656. The summed E-state index contributed by atoms with van der Waals surface area (Å²) in [7, 11) is 1.84. The van der Waals surface area contributed by atoms with Gasteiger partial charge in [0.15, 0.2) is 5.82 Å². The molecule has 2 aliphatic heterocycles. The third-order valence-corrected chi connectivity index (χ3v) is 6.45. The van der Waals surface area contributed by atoms with Gasteiger partial charge in [0, 0.05) is 50.0 Å². The number of hydrogen-bond acceptors (Lipinski definition) is 5. The van der Waals surface area contributed by atoms with Gasteiger partial charge >= 0.3 is 0 Å². The first-order valence-corrected chi connectivity index (χ1v) is 11.1. The van der Waals surface area contributed by atoms with Gasteiger partial charge in [0.2, 0.25) is 5.91 Å². The average molecular weight is 438 g/mol. The fourth-order valence-corrected chi connectivity index (χ4v) is 4.66. The van der Waals surface area contributed by atoms with Crippen LogP contribution in [0.5, 0.6) is 0 Å². The van der Waals surface area contributed by atoms with Crippen molar-refractivity contribution >= 4 is 17.4 Å². The molecule has 168 valence electrons. The van der Waals surface area contributed by atoms with E-state index in [4.69, 9.17) is 5.10 Å². The topological polar surface area (TPSA) is 80.0 Å². The van der Waals surface area contributed by atoms with Crippen LogP contribution in [-0.4, -0.2) is 50.0 Å². The van der Waals surface area contributed by atoms with Crippen molar-refractivity contribution in [2.45, 2.75) is 38.8 Å². The summed E-state index contributed by atoms with van der Waals surface area (Å²) in [5.41, 5.74) is 4.15. The molecule has 0 saturated carbocycles. The van der Waals surface area contributed by atoms with Gasteiger partial charge < -0.3 is 15.5 Å². The Hall–Kier alpha value is -3.20. The Kier molecular flexibility index (Phi) is 5.42. The van der Waals surface area contributed by atoms with Crippen molar-refractivity contribution in [3.8, 4) is 11.1 Å². The Morgan fingerprint density at radius 2 is 2.06 bits per heavy atom. The summed E-state index contributed by atoms with van der Waals surface area (Å²) in [5, 5.41) is 15.7. The van der Waals surface area contributed by atoms with Crippen molar-refractivity contribution in [3.63, 3.8) is 0 Å². The Morgan fingerprint density at radius 3 is 2.75 bits per heavy atom. The highest BCUT2D eigenvalue weighted by molar-refractivity contribution is 5.74. The van der Waals surface area contributed by atoms with Gasteiger partial charge in [-0.05, 0) is 43.6 Å². The Labute approximate surface area is 186 Å². The largest absolute Gasteiger partial charge is 0.338 e. The zero-order chi connectivity index (χ0) is 22.2. The van der Waals surface area contributed by atoms with E-state index >= 15 is 4.39 Å². The van der Waals surface area contributed by atoms with E-state index in [2.05, 4.69) is 20.4 Å². The molecule has 0 bridgehead atoms. The molecule has 1 aromatic carbocycles. The van der Waals surface area contributed by atoms with Crippen LogP contribution in [0.4, 0.5) is 15.9 Å². The number of rotatable bonds is 4. The minimum Gasteiger partial charge on any atom is -0.338 e. The normalized spacial score (nSPS) is 16.8. The fraction of sp³-hybridized carbons (Fsp3) is 0.435. The van der Waals surface area contributed by atoms with Crippen LogP contribution in [-0.2, 0) is 24.8 Å². The Balaban J connectivity index is 1.47. The summed E-state index contributed by atoms with van der Waals surface area (Å²) in [4.78, 5) is 13.8. The first-order valence-electron chi connectivity index (χ1n) is 11.1. The van der Waals surface area contributed by atoms with Crippen molar-refractivity contribution < 1.29 is 9.18 Å².